The van der Waals surface area contributed by atoms with E-state index >= 15 is 0 Å². The average Bonchev–Trinajstić information content (AvgIpc) is 2.78. The first-order valence-corrected chi connectivity index (χ1v) is 11.8. The van der Waals surface area contributed by atoms with Crippen LogP contribution in [0.3, 0.4) is 0 Å². The molecule has 1 saturated heterocycles. The summed E-state index contributed by atoms with van der Waals surface area (Å²) in [7, 11) is 1.55. The number of hydrogen-bond donors (Lipinski definition) is 1. The number of fused-ring (bicyclic) bond motifs is 1. The van der Waals surface area contributed by atoms with Gasteiger partial charge < -0.3 is 9.64 Å². The summed E-state index contributed by atoms with van der Waals surface area (Å²) in [5, 5.41) is 2.61. The number of amides is 4. The van der Waals surface area contributed by atoms with Gasteiger partial charge >= 0.3 is 6.03 Å². The fourth-order valence-corrected chi connectivity index (χ4v) is 4.89. The number of carbonyl (C=O) groups excluding carboxylic acids is 3. The van der Waals surface area contributed by atoms with Gasteiger partial charge in [0.05, 0.1) is 18.3 Å². The van der Waals surface area contributed by atoms with E-state index in [0.717, 1.165) is 34.7 Å². The Labute approximate surface area is 210 Å². The van der Waals surface area contributed by atoms with Gasteiger partial charge in [-0.25, -0.2) is 9.69 Å². The van der Waals surface area contributed by atoms with E-state index in [4.69, 9.17) is 16.3 Å². The molecular weight excluding hydrogens is 466 g/mol. The number of barbiturate groups is 1. The third-order valence-corrected chi connectivity index (χ3v) is 6.48. The Bertz CT molecular complexity index is 1300. The summed E-state index contributed by atoms with van der Waals surface area (Å²) in [6, 6.07) is 9.37. The summed E-state index contributed by atoms with van der Waals surface area (Å²) in [6.07, 6.45) is 4.66. The van der Waals surface area contributed by atoms with E-state index in [1.807, 2.05) is 19.1 Å². The van der Waals surface area contributed by atoms with Crippen LogP contribution in [-0.2, 0) is 9.59 Å². The number of nitrogens with one attached hydrogen (secondary N) is 1. The molecule has 0 radical (unpaired) electrons. The molecular formula is C27H28ClN3O4. The van der Waals surface area contributed by atoms with Crippen molar-refractivity contribution < 1.29 is 19.1 Å². The van der Waals surface area contributed by atoms with Crippen molar-refractivity contribution in [2.75, 3.05) is 23.5 Å². The molecule has 4 amide bonds. The molecule has 0 unspecified atom stereocenters. The second-order valence-electron chi connectivity index (χ2n) is 9.18. The Balaban J connectivity index is 1.83. The van der Waals surface area contributed by atoms with Gasteiger partial charge in [0.15, 0.2) is 0 Å². The predicted octanol–water partition coefficient (Wildman–Crippen LogP) is 5.43. The minimum atomic E-state index is -0.826. The molecule has 0 spiro atoms. The molecule has 0 aliphatic carbocycles. The number of methoxy groups -OCH3 is 1. The van der Waals surface area contributed by atoms with Crippen molar-refractivity contribution in [1.82, 2.24) is 5.32 Å². The van der Waals surface area contributed by atoms with Gasteiger partial charge in [-0.1, -0.05) is 30.7 Å². The van der Waals surface area contributed by atoms with Gasteiger partial charge in [0, 0.05) is 34.4 Å². The summed E-state index contributed by atoms with van der Waals surface area (Å²) in [5.74, 6) is -0.976. The van der Waals surface area contributed by atoms with Crippen LogP contribution < -0.4 is 19.9 Å². The molecule has 1 N–H and O–H groups in total. The third kappa shape index (κ3) is 4.44. The Hall–Kier alpha value is -3.58. The summed E-state index contributed by atoms with van der Waals surface area (Å²) in [5.41, 5.74) is 3.61. The highest BCUT2D eigenvalue weighted by Gasteiger charge is 2.37. The normalized spacial score (nSPS) is 18.4. The number of rotatable bonds is 5. The summed E-state index contributed by atoms with van der Waals surface area (Å²) >= 11 is 6.05. The molecule has 8 heteroatoms. The molecule has 0 saturated carbocycles. The standard InChI is InChI=1S/C27H28ClN3O4/c1-6-10-30-22-14-23(35-5)17(11-20(22)16(2)15-27(30,3)4)12-21-24(32)29-26(34)31(25(21)33)19-9-7-8-18(28)13-19/h7-9,11-15H,6,10H2,1-5H3,(H,29,32,34)/b21-12-. The SMILES string of the molecule is CCCN1c2cc(OC)c(/C=C3/C(=O)NC(=O)N(c4cccc(Cl)c4)C3=O)cc2C(C)=CC1(C)C. The Morgan fingerprint density at radius 3 is 2.54 bits per heavy atom. The van der Waals surface area contributed by atoms with Crippen LogP contribution in [0.1, 0.15) is 45.2 Å². The van der Waals surface area contributed by atoms with Crippen LogP contribution in [0.4, 0.5) is 16.2 Å². The summed E-state index contributed by atoms with van der Waals surface area (Å²) in [6.45, 7) is 9.39. The highest BCUT2D eigenvalue weighted by atomic mass is 35.5. The quantitative estimate of drug-likeness (QED) is 0.444. The van der Waals surface area contributed by atoms with E-state index in [9.17, 15) is 14.4 Å². The van der Waals surface area contributed by atoms with Crippen LogP contribution in [0.25, 0.3) is 11.6 Å². The average molecular weight is 494 g/mol. The van der Waals surface area contributed by atoms with Crippen molar-refractivity contribution in [3.8, 4) is 5.75 Å². The maximum Gasteiger partial charge on any atom is 0.335 e. The van der Waals surface area contributed by atoms with Gasteiger partial charge in [-0.2, -0.15) is 0 Å². The molecule has 7 nitrogen and oxygen atoms in total. The third-order valence-electron chi connectivity index (χ3n) is 6.24. The molecule has 0 atom stereocenters. The number of imide groups is 2. The molecule has 182 valence electrons. The van der Waals surface area contributed by atoms with Gasteiger partial charge in [0.25, 0.3) is 11.8 Å². The largest absolute Gasteiger partial charge is 0.496 e. The van der Waals surface area contributed by atoms with Gasteiger partial charge in [-0.15, -0.1) is 0 Å². The zero-order valence-corrected chi connectivity index (χ0v) is 21.2. The molecule has 2 aromatic rings. The fraction of sp³-hybridized carbons (Fsp3) is 0.296. The van der Waals surface area contributed by atoms with Crippen molar-refractivity contribution >= 4 is 52.5 Å². The molecule has 2 aliphatic rings. The molecule has 2 aliphatic heterocycles. The van der Waals surface area contributed by atoms with Crippen molar-refractivity contribution in [1.29, 1.82) is 0 Å². The second kappa shape index (κ2) is 9.23. The molecule has 0 aromatic heterocycles. The van der Waals surface area contributed by atoms with E-state index < -0.39 is 17.8 Å². The van der Waals surface area contributed by atoms with E-state index in [2.05, 4.69) is 37.1 Å². The summed E-state index contributed by atoms with van der Waals surface area (Å²) < 4.78 is 5.67. The number of nitrogens with zero attached hydrogens (tertiary/aromatic N) is 2. The minimum absolute atomic E-state index is 0.172. The van der Waals surface area contributed by atoms with Crippen LogP contribution >= 0.6 is 11.6 Å². The first-order chi connectivity index (χ1) is 16.6. The zero-order valence-electron chi connectivity index (χ0n) is 20.4. The molecule has 4 rings (SSSR count). The molecule has 35 heavy (non-hydrogen) atoms. The monoisotopic (exact) mass is 493 g/mol. The lowest BCUT2D eigenvalue weighted by atomic mass is 9.87. The lowest BCUT2D eigenvalue weighted by Gasteiger charge is -2.43. The number of allylic oxidation sites excluding steroid dienone is 1. The van der Waals surface area contributed by atoms with E-state index in [1.165, 1.54) is 12.1 Å². The van der Waals surface area contributed by atoms with Crippen LogP contribution in [0.5, 0.6) is 5.75 Å². The minimum Gasteiger partial charge on any atom is -0.496 e. The Morgan fingerprint density at radius 2 is 1.89 bits per heavy atom. The maximum atomic E-state index is 13.3. The lowest BCUT2D eigenvalue weighted by molar-refractivity contribution is -0.122. The van der Waals surface area contributed by atoms with E-state index in [-0.39, 0.29) is 16.8 Å². The highest BCUT2D eigenvalue weighted by Crippen LogP contribution is 2.43. The molecule has 0 bridgehead atoms. The van der Waals surface area contributed by atoms with Crippen molar-refractivity contribution in [3.05, 3.63) is 64.2 Å². The van der Waals surface area contributed by atoms with Crippen LogP contribution in [-0.4, -0.2) is 37.0 Å². The van der Waals surface area contributed by atoms with Crippen LogP contribution in [0, 0.1) is 0 Å². The van der Waals surface area contributed by atoms with E-state index in [0.29, 0.717) is 16.3 Å². The van der Waals surface area contributed by atoms with Crippen molar-refractivity contribution in [2.45, 2.75) is 39.7 Å². The number of ether oxygens (including phenoxy) is 1. The summed E-state index contributed by atoms with van der Waals surface area (Å²) in [4.78, 5) is 41.7. The lowest BCUT2D eigenvalue weighted by Crippen LogP contribution is -2.54. The number of halogens is 1. The van der Waals surface area contributed by atoms with Crippen molar-refractivity contribution in [2.24, 2.45) is 0 Å². The maximum absolute atomic E-state index is 13.3. The Morgan fingerprint density at radius 1 is 1.14 bits per heavy atom. The van der Waals surface area contributed by atoms with Crippen LogP contribution in [0.15, 0.2) is 48.0 Å². The number of benzene rings is 2. The molecule has 2 aromatic carbocycles. The van der Waals surface area contributed by atoms with Gasteiger partial charge in [-0.3, -0.25) is 14.9 Å². The first kappa shape index (κ1) is 24.5. The van der Waals surface area contributed by atoms with E-state index in [1.54, 1.807) is 25.3 Å². The molecule has 1 fully saturated rings. The smallest absolute Gasteiger partial charge is 0.335 e. The van der Waals surface area contributed by atoms with Gasteiger partial charge in [0.2, 0.25) is 0 Å². The zero-order chi connectivity index (χ0) is 25.5. The number of carbonyl (C=O) groups is 3. The topological polar surface area (TPSA) is 79.0 Å². The van der Waals surface area contributed by atoms with Crippen LogP contribution in [0.2, 0.25) is 5.02 Å². The van der Waals surface area contributed by atoms with Gasteiger partial charge in [0.1, 0.15) is 11.3 Å². The number of urea groups is 1. The second-order valence-corrected chi connectivity index (χ2v) is 9.62. The van der Waals surface area contributed by atoms with Gasteiger partial charge in [-0.05, 0) is 63.1 Å². The highest BCUT2D eigenvalue weighted by molar-refractivity contribution is 6.39. The van der Waals surface area contributed by atoms with Crippen molar-refractivity contribution in [3.63, 3.8) is 0 Å². The first-order valence-electron chi connectivity index (χ1n) is 11.4. The number of hydrogen-bond acceptors (Lipinski definition) is 5. The number of anilines is 2. The Kier molecular flexibility index (Phi) is 6.47. The predicted molar refractivity (Wildman–Crippen MR) is 139 cm³/mol. The fourth-order valence-electron chi connectivity index (χ4n) is 4.71. The molecule has 2 heterocycles.